The molecule has 0 aromatic rings. The Morgan fingerprint density at radius 1 is 1.50 bits per heavy atom. The molecule has 6 heavy (non-hydrogen) atoms. The summed E-state index contributed by atoms with van der Waals surface area (Å²) in [5.41, 5.74) is 0. The van der Waals surface area contributed by atoms with Gasteiger partial charge in [0.15, 0.2) is 0 Å². The van der Waals surface area contributed by atoms with Crippen LogP contribution in [-0.4, -0.2) is 27.3 Å². The van der Waals surface area contributed by atoms with E-state index >= 15 is 0 Å². The van der Waals surface area contributed by atoms with E-state index in [1.54, 1.807) is 0 Å². The Hall–Kier alpha value is 0.437. The van der Waals surface area contributed by atoms with Gasteiger partial charge in [-0.05, 0) is 0 Å². The van der Waals surface area contributed by atoms with E-state index in [4.69, 9.17) is 8.42 Å². The topological polar surface area (TPSA) is 60.2 Å². The number of hydrogen-bond acceptors (Lipinski definition) is 2. The van der Waals surface area contributed by atoms with Gasteiger partial charge in [-0.15, -0.1) is 0 Å². The second-order valence-corrected chi connectivity index (χ2v) is 1.43. The number of nitrogens with two attached hydrogens (primary N) is 1. The molecule has 0 rings (SSSR count). The Morgan fingerprint density at radius 3 is 1.50 bits per heavy atom. The van der Waals surface area contributed by atoms with Gasteiger partial charge in [0.25, 0.3) is 0 Å². The fraction of sp³-hybridized carbons (Fsp3) is 0. The summed E-state index contributed by atoms with van der Waals surface area (Å²) in [5.74, 6) is 0. The molecule has 0 radical (unpaired) electrons. The van der Waals surface area contributed by atoms with Crippen LogP contribution in [0.1, 0.15) is 0 Å². The molecule has 0 unspecified atom stereocenters. The van der Waals surface area contributed by atoms with Crippen LogP contribution in [0.5, 0.6) is 0 Å². The summed E-state index contributed by atoms with van der Waals surface area (Å²) >= 11 is 0. The predicted octanol–water partition coefficient (Wildman–Crippen LogP) is -1.49. The molecular weight excluding hydrogens is 104 g/mol. The van der Waals surface area contributed by atoms with Crippen LogP contribution in [0.25, 0.3) is 0 Å². The van der Waals surface area contributed by atoms with Crippen molar-refractivity contribution >= 4 is 29.3 Å². The third kappa shape index (κ3) is 274. The third-order valence-electron chi connectivity index (χ3n) is 0. The predicted molar refractivity (Wildman–Crippen MR) is 21.4 cm³/mol. The maximum absolute atomic E-state index is 10.4. The van der Waals surface area contributed by atoms with Crippen LogP contribution in [0, 0.1) is 0 Å². The molecular formula is H3FLiNO2S. The van der Waals surface area contributed by atoms with Crippen molar-refractivity contribution in [3.05, 3.63) is 0 Å². The van der Waals surface area contributed by atoms with Crippen LogP contribution < -0.4 is 5.14 Å². The molecule has 0 aliphatic rings. The first-order valence-electron chi connectivity index (χ1n) is 0.723. The first-order valence-corrected chi connectivity index (χ1v) is 2.17. The summed E-state index contributed by atoms with van der Waals surface area (Å²) in [5, 5.41) is 3.66. The molecule has 0 fully saturated rings. The zero-order valence-corrected chi connectivity index (χ0v) is 3.00. The number of hydrogen-bond donors (Lipinski definition) is 1. The van der Waals surface area contributed by atoms with Crippen molar-refractivity contribution in [1.82, 2.24) is 0 Å². The summed E-state index contributed by atoms with van der Waals surface area (Å²) in [6, 6.07) is 0. The average molecular weight is 107 g/mol. The van der Waals surface area contributed by atoms with E-state index in [9.17, 15) is 3.89 Å². The molecule has 0 atom stereocenters. The molecule has 0 bridgehead atoms. The second-order valence-electron chi connectivity index (χ2n) is 0.476. The van der Waals surface area contributed by atoms with E-state index in [1.165, 1.54) is 0 Å². The van der Waals surface area contributed by atoms with Gasteiger partial charge in [-0.3, -0.25) is 0 Å². The number of halogens is 1. The van der Waals surface area contributed by atoms with E-state index in [0.29, 0.717) is 0 Å². The third-order valence-corrected chi connectivity index (χ3v) is 0. The normalized spacial score (nSPS) is 9.67. The SMILES string of the molecule is NS(=O)(=O)F.[LiH]. The van der Waals surface area contributed by atoms with Crippen LogP contribution in [0.2, 0.25) is 0 Å². The molecule has 6 heteroatoms. The minimum atomic E-state index is -4.67. The summed E-state index contributed by atoms with van der Waals surface area (Å²) < 4.78 is 27.9. The van der Waals surface area contributed by atoms with Crippen LogP contribution in [-0.2, 0) is 10.4 Å². The fourth-order valence-electron chi connectivity index (χ4n) is 0. The van der Waals surface area contributed by atoms with Gasteiger partial charge in [-0.25, -0.2) is 5.14 Å². The molecule has 0 aromatic heterocycles. The Kier molecular flexibility index (Phi) is 4.16. The van der Waals surface area contributed by atoms with Crippen molar-refractivity contribution in [2.75, 3.05) is 0 Å². The molecule has 2 N–H and O–H groups in total. The Bertz CT molecular complexity index is 96.7. The van der Waals surface area contributed by atoms with Crippen molar-refractivity contribution in [3.8, 4) is 0 Å². The van der Waals surface area contributed by atoms with Crippen molar-refractivity contribution in [1.29, 1.82) is 0 Å². The average Bonchev–Trinajstić information content (AvgIpc) is 0.722. The zero-order chi connectivity index (χ0) is 4.50. The van der Waals surface area contributed by atoms with Crippen molar-refractivity contribution in [2.45, 2.75) is 0 Å². The quantitative estimate of drug-likeness (QED) is 0.303. The maximum atomic E-state index is 10.4. The molecule has 0 aromatic carbocycles. The first-order chi connectivity index (χ1) is 2.00. The van der Waals surface area contributed by atoms with Gasteiger partial charge in [0.05, 0.1) is 0 Å². The Labute approximate surface area is 47.2 Å². The fourth-order valence-corrected chi connectivity index (χ4v) is 0. The molecule has 34 valence electrons. The monoisotopic (exact) mass is 107 g/mol. The van der Waals surface area contributed by atoms with Crippen molar-refractivity contribution < 1.29 is 12.3 Å². The number of rotatable bonds is 0. The molecule has 0 aliphatic heterocycles. The molecule has 0 heterocycles. The molecule has 0 spiro atoms. The van der Waals surface area contributed by atoms with E-state index < -0.39 is 10.4 Å². The van der Waals surface area contributed by atoms with Gasteiger partial charge in [0.2, 0.25) is 0 Å². The summed E-state index contributed by atoms with van der Waals surface area (Å²) in [4.78, 5) is 0. The summed E-state index contributed by atoms with van der Waals surface area (Å²) in [6.07, 6.45) is 0. The van der Waals surface area contributed by atoms with Crippen LogP contribution in [0.3, 0.4) is 0 Å². The molecule has 0 saturated carbocycles. The molecule has 0 aliphatic carbocycles. The van der Waals surface area contributed by atoms with Crippen LogP contribution in [0.4, 0.5) is 3.89 Å². The van der Waals surface area contributed by atoms with Gasteiger partial charge >= 0.3 is 29.3 Å². The van der Waals surface area contributed by atoms with Gasteiger partial charge in [-0.2, -0.15) is 8.42 Å². The van der Waals surface area contributed by atoms with Gasteiger partial charge in [-0.1, -0.05) is 3.89 Å². The zero-order valence-electron chi connectivity index (χ0n) is 2.18. The summed E-state index contributed by atoms with van der Waals surface area (Å²) in [7, 11) is -4.67. The standard InChI is InChI=1S/FH2NO2S.Li.H/c1-5(2,3)4;;/h(H2,2,3,4);;. The van der Waals surface area contributed by atoms with Gasteiger partial charge < -0.3 is 0 Å². The van der Waals surface area contributed by atoms with Gasteiger partial charge in [0, 0.05) is 0 Å². The van der Waals surface area contributed by atoms with Crippen LogP contribution >= 0.6 is 0 Å². The van der Waals surface area contributed by atoms with E-state index in [0.717, 1.165) is 0 Å². The van der Waals surface area contributed by atoms with Crippen molar-refractivity contribution in [2.24, 2.45) is 5.14 Å². The van der Waals surface area contributed by atoms with E-state index in [1.807, 2.05) is 0 Å². The Balaban J connectivity index is 0. The second kappa shape index (κ2) is 2.58. The minimum absolute atomic E-state index is 0. The Morgan fingerprint density at radius 2 is 1.50 bits per heavy atom. The molecule has 3 nitrogen and oxygen atoms in total. The summed E-state index contributed by atoms with van der Waals surface area (Å²) in [6.45, 7) is 0. The van der Waals surface area contributed by atoms with Gasteiger partial charge in [0.1, 0.15) is 0 Å². The molecule has 0 amide bonds. The van der Waals surface area contributed by atoms with Crippen molar-refractivity contribution in [3.63, 3.8) is 0 Å². The molecule has 0 saturated heterocycles. The van der Waals surface area contributed by atoms with E-state index in [2.05, 4.69) is 5.14 Å². The first kappa shape index (κ1) is 9.67. The van der Waals surface area contributed by atoms with E-state index in [-0.39, 0.29) is 18.9 Å². The van der Waals surface area contributed by atoms with Crippen LogP contribution in [0.15, 0.2) is 0 Å².